The number of imidazole rings is 1. The molecule has 0 bridgehead atoms. The van der Waals surface area contributed by atoms with Gasteiger partial charge in [-0.15, -0.1) is 0 Å². The summed E-state index contributed by atoms with van der Waals surface area (Å²) >= 11 is 0. The summed E-state index contributed by atoms with van der Waals surface area (Å²) in [6.07, 6.45) is -0.280. The van der Waals surface area contributed by atoms with E-state index in [1.807, 2.05) is 12.1 Å². The van der Waals surface area contributed by atoms with Crippen LogP contribution in [0.25, 0.3) is 22.2 Å². The van der Waals surface area contributed by atoms with Crippen molar-refractivity contribution in [1.29, 1.82) is 0 Å². The van der Waals surface area contributed by atoms with Gasteiger partial charge in [0.05, 0.1) is 24.3 Å². The van der Waals surface area contributed by atoms with E-state index in [0.29, 0.717) is 5.56 Å². The summed E-state index contributed by atoms with van der Waals surface area (Å²) < 4.78 is 40.9. The Morgan fingerprint density at radius 3 is 2.61 bits per heavy atom. The van der Waals surface area contributed by atoms with E-state index in [1.54, 1.807) is 12.1 Å². The molecule has 3 atom stereocenters. The number of anilines is 1. The molecule has 3 aromatic rings. The molecule has 2 saturated heterocycles. The summed E-state index contributed by atoms with van der Waals surface area (Å²) in [5.41, 5.74) is 1.41. The number of aromatic amines is 1. The van der Waals surface area contributed by atoms with E-state index in [1.165, 1.54) is 6.07 Å². The van der Waals surface area contributed by atoms with Crippen LogP contribution in [0.5, 0.6) is 6.01 Å². The first-order chi connectivity index (χ1) is 15.0. The lowest BCUT2D eigenvalue weighted by atomic mass is 10.0. The number of nitrogens with one attached hydrogen (secondary N) is 1. The van der Waals surface area contributed by atoms with E-state index >= 15 is 4.39 Å². The minimum atomic E-state index is -1.05. The molecule has 0 amide bonds. The largest absolute Gasteiger partial charge is 0.456 e. The van der Waals surface area contributed by atoms with E-state index in [2.05, 4.69) is 14.9 Å². The second-order valence-corrected chi connectivity index (χ2v) is 7.93. The number of fused-ring (bicyclic) bond motifs is 1. The van der Waals surface area contributed by atoms with E-state index in [-0.39, 0.29) is 35.8 Å². The van der Waals surface area contributed by atoms with Crippen LogP contribution < -0.4 is 9.64 Å². The second-order valence-electron chi connectivity index (χ2n) is 7.93. The summed E-state index contributed by atoms with van der Waals surface area (Å²) in [6.45, 7) is 1.68. The maximum atomic E-state index is 15.2. The van der Waals surface area contributed by atoms with Crippen molar-refractivity contribution >= 4 is 16.7 Å². The van der Waals surface area contributed by atoms with Crippen LogP contribution in [-0.4, -0.2) is 64.8 Å². The molecule has 2 aliphatic heterocycles. The van der Waals surface area contributed by atoms with Gasteiger partial charge in [0.25, 0.3) is 6.01 Å². The summed E-state index contributed by atoms with van der Waals surface area (Å²) in [5, 5.41) is 19.2. The van der Waals surface area contributed by atoms with Gasteiger partial charge in [0.2, 0.25) is 0 Å². The molecule has 3 heterocycles. The molecule has 1 aromatic heterocycles. The van der Waals surface area contributed by atoms with E-state index in [4.69, 9.17) is 14.6 Å². The topological polar surface area (TPSA) is 90.8 Å². The monoisotopic (exact) mass is 431 g/mol. The summed E-state index contributed by atoms with van der Waals surface area (Å²) in [5.74, 6) is -1.50. The SMILES string of the molecule is OCC1OCC(Oc2nc3c(F)c(-c4ccc(N5CCCC5)cc4)c(F)cc3[nH]2)C1O. The lowest BCUT2D eigenvalue weighted by Crippen LogP contribution is -2.36. The molecule has 2 fully saturated rings. The molecule has 9 heteroatoms. The van der Waals surface area contributed by atoms with Crippen molar-refractivity contribution in [3.8, 4) is 17.1 Å². The van der Waals surface area contributed by atoms with Gasteiger partial charge in [-0.3, -0.25) is 0 Å². The van der Waals surface area contributed by atoms with Crippen LogP contribution in [0.3, 0.4) is 0 Å². The Labute approximate surface area is 177 Å². The Morgan fingerprint density at radius 2 is 1.94 bits per heavy atom. The zero-order chi connectivity index (χ0) is 21.5. The molecule has 3 N–H and O–H groups in total. The number of hydrogen-bond acceptors (Lipinski definition) is 6. The molecule has 0 aliphatic carbocycles. The molecule has 164 valence electrons. The fourth-order valence-electron chi connectivity index (χ4n) is 4.26. The Bertz CT molecular complexity index is 1080. The average Bonchev–Trinajstić information content (AvgIpc) is 3.50. The molecular formula is C22H23F2N3O4. The Morgan fingerprint density at radius 1 is 1.19 bits per heavy atom. The van der Waals surface area contributed by atoms with Gasteiger partial charge in [-0.2, -0.15) is 4.98 Å². The molecule has 2 aromatic carbocycles. The minimum absolute atomic E-state index is 0.0505. The van der Waals surface area contributed by atoms with Crippen LogP contribution in [0.1, 0.15) is 12.8 Å². The molecule has 0 radical (unpaired) electrons. The second kappa shape index (κ2) is 8.07. The van der Waals surface area contributed by atoms with Gasteiger partial charge in [-0.05, 0) is 30.5 Å². The first kappa shape index (κ1) is 20.2. The van der Waals surface area contributed by atoms with Gasteiger partial charge in [-0.25, -0.2) is 8.78 Å². The summed E-state index contributed by atoms with van der Waals surface area (Å²) in [6, 6.07) is 8.31. The van der Waals surface area contributed by atoms with Gasteiger partial charge in [0.15, 0.2) is 11.9 Å². The first-order valence-corrected chi connectivity index (χ1v) is 10.4. The number of aliphatic hydroxyl groups excluding tert-OH is 2. The molecule has 0 spiro atoms. The van der Waals surface area contributed by atoms with Crippen molar-refractivity contribution in [1.82, 2.24) is 9.97 Å². The fourth-order valence-corrected chi connectivity index (χ4v) is 4.26. The molecule has 3 unspecified atom stereocenters. The number of aromatic nitrogens is 2. The van der Waals surface area contributed by atoms with Crippen LogP contribution >= 0.6 is 0 Å². The van der Waals surface area contributed by atoms with Gasteiger partial charge in [0, 0.05) is 24.8 Å². The first-order valence-electron chi connectivity index (χ1n) is 10.4. The van der Waals surface area contributed by atoms with Crippen LogP contribution in [0, 0.1) is 11.6 Å². The van der Waals surface area contributed by atoms with Gasteiger partial charge < -0.3 is 29.6 Å². The lowest BCUT2D eigenvalue weighted by molar-refractivity contribution is -0.00390. The third-order valence-electron chi connectivity index (χ3n) is 5.95. The van der Waals surface area contributed by atoms with Crippen molar-refractivity contribution in [2.24, 2.45) is 0 Å². The van der Waals surface area contributed by atoms with E-state index < -0.39 is 29.9 Å². The highest BCUT2D eigenvalue weighted by atomic mass is 19.1. The third-order valence-corrected chi connectivity index (χ3v) is 5.95. The van der Waals surface area contributed by atoms with Crippen molar-refractivity contribution < 1.29 is 28.5 Å². The van der Waals surface area contributed by atoms with Crippen molar-refractivity contribution in [2.75, 3.05) is 31.2 Å². The Kier molecular flexibility index (Phi) is 5.25. The minimum Gasteiger partial charge on any atom is -0.456 e. The fraction of sp³-hybridized carbons (Fsp3) is 0.409. The number of ether oxygens (including phenoxy) is 2. The molecule has 0 saturated carbocycles. The molecular weight excluding hydrogens is 408 g/mol. The zero-order valence-electron chi connectivity index (χ0n) is 16.7. The molecule has 2 aliphatic rings. The number of H-pyrrole nitrogens is 1. The smallest absolute Gasteiger partial charge is 0.295 e. The van der Waals surface area contributed by atoms with Crippen LogP contribution in [0.2, 0.25) is 0 Å². The number of benzene rings is 2. The summed E-state index contributed by atoms with van der Waals surface area (Å²) in [4.78, 5) is 9.09. The highest BCUT2D eigenvalue weighted by Crippen LogP contribution is 2.34. The molecule has 31 heavy (non-hydrogen) atoms. The van der Waals surface area contributed by atoms with Gasteiger partial charge >= 0.3 is 0 Å². The number of halogens is 2. The Hall–Kier alpha value is -2.75. The average molecular weight is 431 g/mol. The predicted molar refractivity (Wildman–Crippen MR) is 110 cm³/mol. The van der Waals surface area contributed by atoms with Crippen molar-refractivity contribution in [3.63, 3.8) is 0 Å². The summed E-state index contributed by atoms with van der Waals surface area (Å²) in [7, 11) is 0. The number of hydrogen-bond donors (Lipinski definition) is 3. The number of nitrogens with zero attached hydrogens (tertiary/aromatic N) is 2. The lowest BCUT2D eigenvalue weighted by Gasteiger charge is -2.18. The maximum Gasteiger partial charge on any atom is 0.295 e. The standard InChI is InChI=1S/C22H23F2N3O4/c23-14-9-15-20(26-22(25-15)31-17-11-30-16(10-28)21(17)29)19(24)18(14)12-3-5-13(6-4-12)27-7-1-2-8-27/h3-6,9,16-17,21,28-29H,1-2,7-8,10-11H2,(H,25,26). The van der Waals surface area contributed by atoms with Crippen LogP contribution in [0.4, 0.5) is 14.5 Å². The maximum absolute atomic E-state index is 15.2. The van der Waals surface area contributed by atoms with Crippen molar-refractivity contribution in [2.45, 2.75) is 31.2 Å². The van der Waals surface area contributed by atoms with E-state index in [9.17, 15) is 9.50 Å². The third kappa shape index (κ3) is 3.62. The highest BCUT2D eigenvalue weighted by molar-refractivity contribution is 5.84. The highest BCUT2D eigenvalue weighted by Gasteiger charge is 2.37. The quantitative estimate of drug-likeness (QED) is 0.575. The molecule has 7 nitrogen and oxygen atoms in total. The normalized spacial score (nSPS) is 23.7. The number of rotatable bonds is 5. The van der Waals surface area contributed by atoms with Crippen LogP contribution in [0.15, 0.2) is 30.3 Å². The van der Waals surface area contributed by atoms with Gasteiger partial charge in [-0.1, -0.05) is 12.1 Å². The number of aliphatic hydroxyl groups is 2. The van der Waals surface area contributed by atoms with Gasteiger partial charge in [0.1, 0.15) is 23.5 Å². The van der Waals surface area contributed by atoms with Crippen molar-refractivity contribution in [3.05, 3.63) is 42.0 Å². The Balaban J connectivity index is 1.43. The zero-order valence-corrected chi connectivity index (χ0v) is 16.7. The predicted octanol–water partition coefficient (Wildman–Crippen LogP) is 2.61. The molecule has 5 rings (SSSR count). The van der Waals surface area contributed by atoms with E-state index in [0.717, 1.165) is 31.6 Å². The van der Waals surface area contributed by atoms with Crippen LogP contribution in [-0.2, 0) is 4.74 Å².